The molecule has 0 saturated carbocycles. The summed E-state index contributed by atoms with van der Waals surface area (Å²) >= 11 is 0. The van der Waals surface area contributed by atoms with E-state index in [4.69, 9.17) is 0 Å². The summed E-state index contributed by atoms with van der Waals surface area (Å²) < 4.78 is 23.0. The van der Waals surface area contributed by atoms with Crippen LogP contribution in [-0.4, -0.2) is 53.0 Å². The number of rotatable bonds is 1. The fourth-order valence-corrected chi connectivity index (χ4v) is 4.50. The van der Waals surface area contributed by atoms with Crippen LogP contribution in [0.15, 0.2) is 12.3 Å². The molecule has 2 fully saturated rings. The molecule has 3 heterocycles. The second-order valence-electron chi connectivity index (χ2n) is 4.27. The van der Waals surface area contributed by atoms with E-state index in [1.807, 2.05) is 0 Å². The number of sulfone groups is 1. The zero-order valence-corrected chi connectivity index (χ0v) is 9.27. The van der Waals surface area contributed by atoms with Gasteiger partial charge in [-0.15, -0.1) is 0 Å². The van der Waals surface area contributed by atoms with E-state index in [0.29, 0.717) is 18.7 Å². The van der Waals surface area contributed by atoms with Crippen LogP contribution in [0.2, 0.25) is 0 Å². The quantitative estimate of drug-likeness (QED) is 0.713. The molecule has 0 spiro atoms. The average molecular weight is 241 g/mol. The van der Waals surface area contributed by atoms with Crippen LogP contribution >= 0.6 is 0 Å². The summed E-state index contributed by atoms with van der Waals surface area (Å²) in [7, 11) is -2.94. The van der Waals surface area contributed by atoms with E-state index >= 15 is 0 Å². The summed E-state index contributed by atoms with van der Waals surface area (Å²) in [4.78, 5) is 13.6. The molecule has 1 aromatic heterocycles. The highest BCUT2D eigenvalue weighted by Gasteiger charge is 2.50. The van der Waals surface area contributed by atoms with E-state index in [1.165, 1.54) is 6.20 Å². The molecule has 2 aliphatic heterocycles. The van der Waals surface area contributed by atoms with Gasteiger partial charge in [0.05, 0.1) is 11.0 Å². The third-order valence-electron chi connectivity index (χ3n) is 3.30. The molecule has 1 N–H and O–H groups in total. The van der Waals surface area contributed by atoms with Crippen LogP contribution in [0.25, 0.3) is 0 Å². The number of hydrogen-bond acceptors (Lipinski definition) is 4. The Morgan fingerprint density at radius 1 is 1.56 bits per heavy atom. The Hall–Kier alpha value is -1.37. The number of nitrogens with one attached hydrogen (secondary N) is 1. The average Bonchev–Trinajstić information content (AvgIpc) is 2.88. The van der Waals surface area contributed by atoms with Crippen molar-refractivity contribution < 1.29 is 13.2 Å². The number of nitrogens with zero attached hydrogens (tertiary/aromatic N) is 2. The Morgan fingerprint density at radius 3 is 2.88 bits per heavy atom. The van der Waals surface area contributed by atoms with Crippen molar-refractivity contribution in [1.29, 1.82) is 0 Å². The Morgan fingerprint density at radius 2 is 2.38 bits per heavy atom. The van der Waals surface area contributed by atoms with Gasteiger partial charge in [-0.1, -0.05) is 0 Å². The first kappa shape index (κ1) is 9.83. The van der Waals surface area contributed by atoms with E-state index in [0.717, 1.165) is 0 Å². The van der Waals surface area contributed by atoms with Gasteiger partial charge in [0.25, 0.3) is 5.91 Å². The molecule has 1 amide bonds. The van der Waals surface area contributed by atoms with Gasteiger partial charge in [-0.05, 0) is 12.5 Å². The van der Waals surface area contributed by atoms with Crippen molar-refractivity contribution in [3.63, 3.8) is 0 Å². The van der Waals surface area contributed by atoms with Gasteiger partial charge in [0.2, 0.25) is 0 Å². The van der Waals surface area contributed by atoms with Gasteiger partial charge in [0, 0.05) is 18.8 Å². The molecule has 3 rings (SSSR count). The highest BCUT2D eigenvalue weighted by Crippen LogP contribution is 2.33. The molecular weight excluding hydrogens is 230 g/mol. The monoisotopic (exact) mass is 241 g/mol. The van der Waals surface area contributed by atoms with E-state index < -0.39 is 9.84 Å². The summed E-state index contributed by atoms with van der Waals surface area (Å²) in [5.41, 5.74) is 0.421. The van der Waals surface area contributed by atoms with Gasteiger partial charge in [0.1, 0.15) is 5.69 Å². The molecular formula is C9H11N3O3S. The van der Waals surface area contributed by atoms with E-state index in [2.05, 4.69) is 10.2 Å². The van der Waals surface area contributed by atoms with Crippen molar-refractivity contribution in [3.8, 4) is 0 Å². The molecule has 0 aliphatic carbocycles. The maximum absolute atomic E-state index is 12.0. The number of likely N-dealkylation sites (tertiary alicyclic amines) is 1. The van der Waals surface area contributed by atoms with E-state index in [9.17, 15) is 13.2 Å². The number of aromatic nitrogens is 2. The minimum absolute atomic E-state index is 0.109. The van der Waals surface area contributed by atoms with Crippen LogP contribution in [0.3, 0.4) is 0 Å². The summed E-state index contributed by atoms with van der Waals surface area (Å²) in [6.07, 6.45) is 2.10. The van der Waals surface area contributed by atoms with Crippen molar-refractivity contribution in [2.45, 2.75) is 17.7 Å². The highest BCUT2D eigenvalue weighted by molar-refractivity contribution is 7.92. The Bertz CT molecular complexity index is 522. The lowest BCUT2D eigenvalue weighted by Gasteiger charge is -2.26. The fourth-order valence-electron chi connectivity index (χ4n) is 2.47. The topological polar surface area (TPSA) is 83.1 Å². The highest BCUT2D eigenvalue weighted by atomic mass is 32.2. The lowest BCUT2D eigenvalue weighted by molar-refractivity contribution is 0.0740. The van der Waals surface area contributed by atoms with Gasteiger partial charge in [0.15, 0.2) is 9.84 Å². The standard InChI is InChI=1S/C9H11N3O3S/c13-9(8-1-2-10-11-8)12-4-7-3-6(12)5-16(7,14)15/h1-2,6-7H,3-5H2,(H,10,11). The SMILES string of the molecule is O=C(c1ccn[nH]1)N1CC2CC1CS2(=O)=O. The van der Waals surface area contributed by atoms with Gasteiger partial charge >= 0.3 is 0 Å². The number of amides is 1. The smallest absolute Gasteiger partial charge is 0.272 e. The molecule has 2 bridgehead atoms. The predicted octanol–water partition coefficient (Wildman–Crippen LogP) is -0.579. The van der Waals surface area contributed by atoms with Gasteiger partial charge in [-0.2, -0.15) is 5.10 Å². The van der Waals surface area contributed by atoms with Crippen LogP contribution < -0.4 is 0 Å². The second-order valence-corrected chi connectivity index (χ2v) is 6.59. The van der Waals surface area contributed by atoms with Gasteiger partial charge in [-0.25, -0.2) is 8.42 Å². The summed E-state index contributed by atoms with van der Waals surface area (Å²) in [5.74, 6) is -0.0442. The lowest BCUT2D eigenvalue weighted by atomic mass is 10.2. The van der Waals surface area contributed by atoms with Crippen molar-refractivity contribution in [3.05, 3.63) is 18.0 Å². The Balaban J connectivity index is 1.84. The number of aromatic amines is 1. The molecule has 2 aliphatic rings. The minimum Gasteiger partial charge on any atom is -0.332 e. The molecule has 0 aromatic carbocycles. The first-order chi connectivity index (χ1) is 7.58. The number of hydrogen-bond donors (Lipinski definition) is 1. The van der Waals surface area contributed by atoms with Gasteiger partial charge < -0.3 is 4.90 Å². The zero-order chi connectivity index (χ0) is 11.3. The molecule has 2 saturated heterocycles. The molecule has 16 heavy (non-hydrogen) atoms. The molecule has 2 atom stereocenters. The first-order valence-electron chi connectivity index (χ1n) is 5.10. The molecule has 1 aromatic rings. The number of carbonyl (C=O) groups is 1. The number of fused-ring (bicyclic) bond motifs is 2. The molecule has 6 nitrogen and oxygen atoms in total. The normalized spacial score (nSPS) is 30.9. The molecule has 7 heteroatoms. The van der Waals surface area contributed by atoms with Crippen LogP contribution in [0.1, 0.15) is 16.9 Å². The summed E-state index contributed by atoms with van der Waals surface area (Å²) in [5, 5.41) is 5.96. The zero-order valence-electron chi connectivity index (χ0n) is 8.46. The largest absolute Gasteiger partial charge is 0.332 e. The van der Waals surface area contributed by atoms with Crippen LogP contribution in [0.4, 0.5) is 0 Å². The van der Waals surface area contributed by atoms with Crippen molar-refractivity contribution in [2.75, 3.05) is 12.3 Å². The van der Waals surface area contributed by atoms with E-state index in [-0.39, 0.29) is 23.0 Å². The Kier molecular flexibility index (Phi) is 1.88. The number of carbonyl (C=O) groups excluding carboxylic acids is 1. The third kappa shape index (κ3) is 1.27. The van der Waals surface area contributed by atoms with Crippen molar-refractivity contribution in [1.82, 2.24) is 15.1 Å². The van der Waals surface area contributed by atoms with Gasteiger partial charge in [-0.3, -0.25) is 9.89 Å². The molecule has 0 radical (unpaired) electrons. The third-order valence-corrected chi connectivity index (χ3v) is 5.51. The first-order valence-corrected chi connectivity index (χ1v) is 6.81. The minimum atomic E-state index is -2.94. The summed E-state index contributed by atoms with van der Waals surface area (Å²) in [6, 6.07) is 1.45. The van der Waals surface area contributed by atoms with Crippen molar-refractivity contribution >= 4 is 15.7 Å². The summed E-state index contributed by atoms with van der Waals surface area (Å²) in [6.45, 7) is 0.324. The number of H-pyrrole nitrogens is 1. The second kappa shape index (κ2) is 3.07. The predicted molar refractivity (Wildman–Crippen MR) is 55.6 cm³/mol. The van der Waals surface area contributed by atoms with E-state index in [1.54, 1.807) is 11.0 Å². The molecule has 2 unspecified atom stereocenters. The maximum atomic E-state index is 12.0. The Labute approximate surface area is 92.6 Å². The van der Waals surface area contributed by atoms with Crippen LogP contribution in [0.5, 0.6) is 0 Å². The maximum Gasteiger partial charge on any atom is 0.272 e. The van der Waals surface area contributed by atoms with Crippen LogP contribution in [0, 0.1) is 0 Å². The van der Waals surface area contributed by atoms with Crippen molar-refractivity contribution in [2.24, 2.45) is 0 Å². The van der Waals surface area contributed by atoms with Crippen LogP contribution in [-0.2, 0) is 9.84 Å². The lowest BCUT2D eigenvalue weighted by Crippen LogP contribution is -2.44. The fraction of sp³-hybridized carbons (Fsp3) is 0.556. The molecule has 86 valence electrons.